The van der Waals surface area contributed by atoms with Crippen LogP contribution < -0.4 is 5.32 Å². The first-order chi connectivity index (χ1) is 10.3. The van der Waals surface area contributed by atoms with Gasteiger partial charge in [-0.2, -0.15) is 0 Å². The molecule has 0 amide bonds. The molecule has 1 unspecified atom stereocenters. The summed E-state index contributed by atoms with van der Waals surface area (Å²) in [4.78, 5) is 0. The van der Waals surface area contributed by atoms with Crippen molar-refractivity contribution < 1.29 is 5.11 Å². The van der Waals surface area contributed by atoms with Crippen molar-refractivity contribution in [3.05, 3.63) is 64.2 Å². The molecule has 0 aromatic heterocycles. The zero-order chi connectivity index (χ0) is 14.2. The molecular weight excluding hydrogens is 258 g/mol. The van der Waals surface area contributed by atoms with Gasteiger partial charge >= 0.3 is 0 Å². The number of hydrogen-bond acceptors (Lipinski definition) is 2. The standard InChI is InChI=1S/C19H21NO/c21-17-7-6-15-8-9-20-19(18(15)12-17)11-13-4-5-14-2-1-3-16(14)10-13/h4-7,10,12,19-21H,1-3,8-9,11H2. The Morgan fingerprint density at radius 2 is 1.81 bits per heavy atom. The van der Waals surface area contributed by atoms with E-state index in [1.165, 1.54) is 41.5 Å². The summed E-state index contributed by atoms with van der Waals surface area (Å²) in [5.74, 6) is 0.372. The fraction of sp³-hybridized carbons (Fsp3) is 0.368. The van der Waals surface area contributed by atoms with Crippen LogP contribution in [0, 0.1) is 0 Å². The Morgan fingerprint density at radius 1 is 0.952 bits per heavy atom. The molecule has 0 bridgehead atoms. The van der Waals surface area contributed by atoms with Gasteiger partial charge in [-0.3, -0.25) is 0 Å². The number of aromatic hydroxyl groups is 1. The largest absolute Gasteiger partial charge is 0.508 e. The van der Waals surface area contributed by atoms with Gasteiger partial charge in [0, 0.05) is 6.04 Å². The van der Waals surface area contributed by atoms with Gasteiger partial charge < -0.3 is 10.4 Å². The SMILES string of the molecule is Oc1ccc2c(c1)C(Cc1ccc3c(c1)CCC3)NCC2. The molecule has 0 saturated carbocycles. The van der Waals surface area contributed by atoms with Crippen molar-refractivity contribution in [2.24, 2.45) is 0 Å². The summed E-state index contributed by atoms with van der Waals surface area (Å²) in [5.41, 5.74) is 7.12. The number of benzene rings is 2. The highest BCUT2D eigenvalue weighted by Gasteiger charge is 2.21. The van der Waals surface area contributed by atoms with Crippen LogP contribution in [0.2, 0.25) is 0 Å². The van der Waals surface area contributed by atoms with Crippen molar-refractivity contribution in [2.45, 2.75) is 38.1 Å². The highest BCUT2D eigenvalue weighted by Crippen LogP contribution is 2.30. The van der Waals surface area contributed by atoms with Gasteiger partial charge in [-0.25, -0.2) is 0 Å². The third-order valence-corrected chi connectivity index (χ3v) is 4.89. The van der Waals surface area contributed by atoms with Crippen molar-refractivity contribution in [1.29, 1.82) is 0 Å². The molecule has 21 heavy (non-hydrogen) atoms. The summed E-state index contributed by atoms with van der Waals surface area (Å²) < 4.78 is 0. The van der Waals surface area contributed by atoms with Gasteiger partial charge in [-0.15, -0.1) is 0 Å². The summed E-state index contributed by atoms with van der Waals surface area (Å²) in [6.45, 7) is 1.02. The van der Waals surface area contributed by atoms with Crippen LogP contribution >= 0.6 is 0 Å². The molecule has 108 valence electrons. The Morgan fingerprint density at radius 3 is 2.76 bits per heavy atom. The van der Waals surface area contributed by atoms with Crippen LogP contribution in [0.5, 0.6) is 5.75 Å². The molecule has 0 fully saturated rings. The number of hydrogen-bond donors (Lipinski definition) is 2. The predicted octanol–water partition coefficient (Wildman–Crippen LogP) is 3.31. The van der Waals surface area contributed by atoms with E-state index in [0.717, 1.165) is 19.4 Å². The summed E-state index contributed by atoms with van der Waals surface area (Å²) in [7, 11) is 0. The smallest absolute Gasteiger partial charge is 0.115 e. The molecule has 2 heteroatoms. The molecule has 2 N–H and O–H groups in total. The molecular formula is C19H21NO. The van der Waals surface area contributed by atoms with E-state index in [1.807, 2.05) is 6.07 Å². The first kappa shape index (κ1) is 12.9. The minimum atomic E-state index is 0.320. The van der Waals surface area contributed by atoms with Gasteiger partial charge in [0.05, 0.1) is 0 Å². The molecule has 0 radical (unpaired) electrons. The van der Waals surface area contributed by atoms with Crippen molar-refractivity contribution in [2.75, 3.05) is 6.54 Å². The van der Waals surface area contributed by atoms with Crippen LogP contribution in [0.1, 0.15) is 40.3 Å². The molecule has 1 atom stereocenters. The van der Waals surface area contributed by atoms with Crippen molar-refractivity contribution in [1.82, 2.24) is 5.32 Å². The van der Waals surface area contributed by atoms with E-state index in [4.69, 9.17) is 0 Å². The number of rotatable bonds is 2. The van der Waals surface area contributed by atoms with Gasteiger partial charge in [0.2, 0.25) is 0 Å². The molecule has 2 aromatic rings. The zero-order valence-electron chi connectivity index (χ0n) is 12.2. The number of phenols is 1. The average molecular weight is 279 g/mol. The molecule has 1 aliphatic heterocycles. The van der Waals surface area contributed by atoms with E-state index in [0.29, 0.717) is 11.8 Å². The maximum Gasteiger partial charge on any atom is 0.115 e. The van der Waals surface area contributed by atoms with Gasteiger partial charge in [0.1, 0.15) is 5.75 Å². The Kier molecular flexibility index (Phi) is 3.19. The van der Waals surface area contributed by atoms with E-state index >= 15 is 0 Å². The summed E-state index contributed by atoms with van der Waals surface area (Å²) in [6, 6.07) is 13.1. The monoisotopic (exact) mass is 279 g/mol. The molecule has 4 rings (SSSR count). The lowest BCUT2D eigenvalue weighted by molar-refractivity contribution is 0.463. The summed E-state index contributed by atoms with van der Waals surface area (Å²) in [6.07, 6.45) is 5.84. The lowest BCUT2D eigenvalue weighted by atomic mass is 9.89. The van der Waals surface area contributed by atoms with Gasteiger partial charge in [-0.05, 0) is 78.6 Å². The number of aryl methyl sites for hydroxylation is 2. The maximum absolute atomic E-state index is 9.77. The molecule has 2 nitrogen and oxygen atoms in total. The second kappa shape index (κ2) is 5.19. The minimum Gasteiger partial charge on any atom is -0.508 e. The highest BCUT2D eigenvalue weighted by atomic mass is 16.3. The second-order valence-corrected chi connectivity index (χ2v) is 6.30. The normalized spacial score (nSPS) is 20.1. The van der Waals surface area contributed by atoms with Crippen LogP contribution in [-0.4, -0.2) is 11.7 Å². The molecule has 1 aliphatic carbocycles. The molecule has 0 spiro atoms. The van der Waals surface area contributed by atoms with Crippen LogP contribution in [0.4, 0.5) is 0 Å². The van der Waals surface area contributed by atoms with Crippen LogP contribution in [-0.2, 0) is 25.7 Å². The van der Waals surface area contributed by atoms with E-state index in [9.17, 15) is 5.11 Å². The average Bonchev–Trinajstić information content (AvgIpc) is 2.95. The fourth-order valence-electron chi connectivity index (χ4n) is 3.80. The van der Waals surface area contributed by atoms with E-state index < -0.39 is 0 Å². The second-order valence-electron chi connectivity index (χ2n) is 6.30. The summed E-state index contributed by atoms with van der Waals surface area (Å²) in [5, 5.41) is 13.4. The Hall–Kier alpha value is -1.80. The number of phenolic OH excluding ortho intramolecular Hbond substituents is 1. The van der Waals surface area contributed by atoms with Crippen LogP contribution in [0.3, 0.4) is 0 Å². The third kappa shape index (κ3) is 2.44. The lowest BCUT2D eigenvalue weighted by Crippen LogP contribution is -2.31. The van der Waals surface area contributed by atoms with Crippen LogP contribution in [0.25, 0.3) is 0 Å². The number of fused-ring (bicyclic) bond motifs is 2. The first-order valence-corrected chi connectivity index (χ1v) is 7.95. The molecule has 2 aliphatic rings. The molecule has 1 heterocycles. The van der Waals surface area contributed by atoms with Gasteiger partial charge in [0.15, 0.2) is 0 Å². The quantitative estimate of drug-likeness (QED) is 0.884. The lowest BCUT2D eigenvalue weighted by Gasteiger charge is -2.27. The van der Waals surface area contributed by atoms with Crippen LogP contribution in [0.15, 0.2) is 36.4 Å². The van der Waals surface area contributed by atoms with Crippen molar-refractivity contribution in [3.8, 4) is 5.75 Å². The van der Waals surface area contributed by atoms with Gasteiger partial charge in [0.25, 0.3) is 0 Å². The Bertz CT molecular complexity index is 677. The number of nitrogens with one attached hydrogen (secondary N) is 1. The third-order valence-electron chi connectivity index (χ3n) is 4.89. The highest BCUT2D eigenvalue weighted by molar-refractivity contribution is 5.41. The zero-order valence-corrected chi connectivity index (χ0v) is 12.2. The van der Waals surface area contributed by atoms with Crippen molar-refractivity contribution in [3.63, 3.8) is 0 Å². The Balaban J connectivity index is 1.62. The first-order valence-electron chi connectivity index (χ1n) is 7.95. The van der Waals surface area contributed by atoms with E-state index in [1.54, 1.807) is 11.6 Å². The van der Waals surface area contributed by atoms with E-state index in [-0.39, 0.29) is 0 Å². The minimum absolute atomic E-state index is 0.320. The summed E-state index contributed by atoms with van der Waals surface area (Å²) >= 11 is 0. The van der Waals surface area contributed by atoms with E-state index in [2.05, 4.69) is 29.6 Å². The Labute approximate surface area is 125 Å². The molecule has 2 aromatic carbocycles. The van der Waals surface area contributed by atoms with Gasteiger partial charge in [-0.1, -0.05) is 24.3 Å². The molecule has 0 saturated heterocycles. The van der Waals surface area contributed by atoms with Crippen molar-refractivity contribution >= 4 is 0 Å². The predicted molar refractivity (Wildman–Crippen MR) is 84.7 cm³/mol. The topological polar surface area (TPSA) is 32.3 Å². The maximum atomic E-state index is 9.77. The fourth-order valence-corrected chi connectivity index (χ4v) is 3.80.